The number of halogens is 1. The summed E-state index contributed by atoms with van der Waals surface area (Å²) < 4.78 is 1.79. The SMILES string of the molecule is CNCc1c(C)n(-c2cc(Cl)ccc2C)[nH]c1=O. The first-order chi connectivity index (χ1) is 8.54. The van der Waals surface area contributed by atoms with Gasteiger partial charge in [-0.05, 0) is 38.6 Å². The van der Waals surface area contributed by atoms with Gasteiger partial charge in [0.2, 0.25) is 0 Å². The topological polar surface area (TPSA) is 49.8 Å². The molecular formula is C13H16ClN3O. The molecule has 0 atom stereocenters. The first-order valence-corrected chi connectivity index (χ1v) is 6.14. The van der Waals surface area contributed by atoms with Gasteiger partial charge in [0.05, 0.1) is 11.3 Å². The van der Waals surface area contributed by atoms with E-state index in [4.69, 9.17) is 11.6 Å². The van der Waals surface area contributed by atoms with E-state index in [-0.39, 0.29) is 5.56 Å². The molecule has 2 aromatic rings. The number of rotatable bonds is 3. The van der Waals surface area contributed by atoms with Crippen LogP contribution in [0.25, 0.3) is 5.69 Å². The number of H-pyrrole nitrogens is 1. The van der Waals surface area contributed by atoms with Crippen LogP contribution in [0.3, 0.4) is 0 Å². The van der Waals surface area contributed by atoms with Crippen LogP contribution in [0.4, 0.5) is 0 Å². The van der Waals surface area contributed by atoms with Crippen LogP contribution in [0.1, 0.15) is 16.8 Å². The highest BCUT2D eigenvalue weighted by Gasteiger charge is 2.12. The largest absolute Gasteiger partial charge is 0.315 e. The van der Waals surface area contributed by atoms with Crippen molar-refractivity contribution in [2.24, 2.45) is 0 Å². The Kier molecular flexibility index (Phi) is 3.59. The lowest BCUT2D eigenvalue weighted by Gasteiger charge is -2.10. The van der Waals surface area contributed by atoms with Crippen molar-refractivity contribution in [2.75, 3.05) is 7.05 Å². The maximum absolute atomic E-state index is 11.9. The number of aryl methyl sites for hydroxylation is 1. The molecule has 0 aliphatic carbocycles. The van der Waals surface area contributed by atoms with Crippen molar-refractivity contribution < 1.29 is 0 Å². The fraction of sp³-hybridized carbons (Fsp3) is 0.308. The molecule has 0 bridgehead atoms. The van der Waals surface area contributed by atoms with E-state index in [1.54, 1.807) is 4.68 Å². The lowest BCUT2D eigenvalue weighted by atomic mass is 10.2. The zero-order valence-corrected chi connectivity index (χ0v) is 11.4. The van der Waals surface area contributed by atoms with E-state index in [2.05, 4.69) is 10.4 Å². The molecule has 1 aromatic heterocycles. The Hall–Kier alpha value is -1.52. The van der Waals surface area contributed by atoms with Crippen LogP contribution in [0, 0.1) is 13.8 Å². The molecule has 96 valence electrons. The van der Waals surface area contributed by atoms with Crippen molar-refractivity contribution in [3.05, 3.63) is 50.4 Å². The zero-order valence-electron chi connectivity index (χ0n) is 10.7. The number of nitrogens with one attached hydrogen (secondary N) is 2. The minimum absolute atomic E-state index is 0.0683. The highest BCUT2D eigenvalue weighted by atomic mass is 35.5. The van der Waals surface area contributed by atoms with Crippen molar-refractivity contribution in [3.63, 3.8) is 0 Å². The summed E-state index contributed by atoms with van der Waals surface area (Å²) >= 11 is 6.01. The third kappa shape index (κ3) is 2.21. The predicted octanol–water partition coefficient (Wildman–Crippen LogP) is 2.16. The van der Waals surface area contributed by atoms with E-state index in [9.17, 15) is 4.79 Å². The standard InChI is InChI=1S/C13H16ClN3O/c1-8-4-5-10(14)6-12(8)17-9(2)11(7-15-3)13(18)16-17/h4-6,15H,7H2,1-3H3,(H,16,18). The molecule has 1 heterocycles. The van der Waals surface area contributed by atoms with Crippen LogP contribution < -0.4 is 10.9 Å². The van der Waals surface area contributed by atoms with E-state index >= 15 is 0 Å². The average Bonchev–Trinajstić information content (AvgIpc) is 2.61. The highest BCUT2D eigenvalue weighted by Crippen LogP contribution is 2.20. The number of nitrogens with zero attached hydrogens (tertiary/aromatic N) is 1. The van der Waals surface area contributed by atoms with Gasteiger partial charge in [0.15, 0.2) is 0 Å². The Labute approximate surface area is 111 Å². The number of hydrogen-bond donors (Lipinski definition) is 2. The average molecular weight is 266 g/mol. The number of aromatic nitrogens is 2. The quantitative estimate of drug-likeness (QED) is 0.894. The molecule has 5 heteroatoms. The molecule has 0 saturated carbocycles. The fourth-order valence-corrected chi connectivity index (χ4v) is 2.17. The molecule has 18 heavy (non-hydrogen) atoms. The van der Waals surface area contributed by atoms with Gasteiger partial charge in [-0.15, -0.1) is 0 Å². The van der Waals surface area contributed by atoms with Crippen molar-refractivity contribution in [2.45, 2.75) is 20.4 Å². The molecule has 0 radical (unpaired) electrons. The summed E-state index contributed by atoms with van der Waals surface area (Å²) in [6.07, 6.45) is 0. The molecule has 0 aliphatic heterocycles. The van der Waals surface area contributed by atoms with Gasteiger partial charge in [0.25, 0.3) is 5.56 Å². The minimum atomic E-state index is -0.0683. The van der Waals surface area contributed by atoms with Crippen LogP contribution in [0.2, 0.25) is 5.02 Å². The third-order valence-corrected chi connectivity index (χ3v) is 3.26. The normalized spacial score (nSPS) is 10.9. The van der Waals surface area contributed by atoms with Crippen molar-refractivity contribution in [1.82, 2.24) is 15.1 Å². The minimum Gasteiger partial charge on any atom is -0.315 e. The highest BCUT2D eigenvalue weighted by molar-refractivity contribution is 6.30. The predicted molar refractivity (Wildman–Crippen MR) is 73.6 cm³/mol. The molecule has 2 rings (SSSR count). The van der Waals surface area contributed by atoms with E-state index < -0.39 is 0 Å². The van der Waals surface area contributed by atoms with Gasteiger partial charge in [-0.25, -0.2) is 0 Å². The molecule has 0 spiro atoms. The summed E-state index contributed by atoms with van der Waals surface area (Å²) in [7, 11) is 1.82. The first kappa shape index (κ1) is 12.9. The molecule has 1 aromatic carbocycles. The van der Waals surface area contributed by atoms with Crippen molar-refractivity contribution in [1.29, 1.82) is 0 Å². The Morgan fingerprint density at radius 1 is 1.39 bits per heavy atom. The monoisotopic (exact) mass is 265 g/mol. The lowest BCUT2D eigenvalue weighted by Crippen LogP contribution is -2.14. The fourth-order valence-electron chi connectivity index (χ4n) is 2.00. The van der Waals surface area contributed by atoms with Gasteiger partial charge in [-0.3, -0.25) is 14.6 Å². The van der Waals surface area contributed by atoms with Crippen LogP contribution in [0.5, 0.6) is 0 Å². The molecule has 0 saturated heterocycles. The van der Waals surface area contributed by atoms with Gasteiger partial charge in [-0.2, -0.15) is 0 Å². The Morgan fingerprint density at radius 3 is 2.78 bits per heavy atom. The van der Waals surface area contributed by atoms with Crippen molar-refractivity contribution >= 4 is 11.6 Å². The third-order valence-electron chi connectivity index (χ3n) is 3.03. The Bertz CT molecular complexity index is 628. The molecule has 0 fully saturated rings. The van der Waals surface area contributed by atoms with Crippen LogP contribution in [-0.2, 0) is 6.54 Å². The number of hydrogen-bond acceptors (Lipinski definition) is 2. The van der Waals surface area contributed by atoms with Gasteiger partial charge in [0.1, 0.15) is 0 Å². The van der Waals surface area contributed by atoms with Gasteiger partial charge >= 0.3 is 0 Å². The molecule has 2 N–H and O–H groups in total. The second kappa shape index (κ2) is 5.00. The van der Waals surface area contributed by atoms with Gasteiger partial charge < -0.3 is 5.32 Å². The van der Waals surface area contributed by atoms with Gasteiger partial charge in [0, 0.05) is 17.3 Å². The lowest BCUT2D eigenvalue weighted by molar-refractivity contribution is 0.800. The van der Waals surface area contributed by atoms with Crippen LogP contribution >= 0.6 is 11.6 Å². The van der Waals surface area contributed by atoms with E-state index in [0.29, 0.717) is 11.6 Å². The van der Waals surface area contributed by atoms with Crippen LogP contribution in [0.15, 0.2) is 23.0 Å². The molecule has 0 aliphatic rings. The molecule has 0 amide bonds. The smallest absolute Gasteiger partial charge is 0.269 e. The first-order valence-electron chi connectivity index (χ1n) is 5.76. The maximum Gasteiger partial charge on any atom is 0.269 e. The Balaban J connectivity index is 2.61. The molecule has 0 unspecified atom stereocenters. The van der Waals surface area contributed by atoms with E-state index in [0.717, 1.165) is 22.5 Å². The maximum atomic E-state index is 11.9. The van der Waals surface area contributed by atoms with E-state index in [1.807, 2.05) is 39.1 Å². The van der Waals surface area contributed by atoms with Crippen LogP contribution in [-0.4, -0.2) is 16.8 Å². The summed E-state index contributed by atoms with van der Waals surface area (Å²) in [5, 5.41) is 6.49. The summed E-state index contributed by atoms with van der Waals surface area (Å²) in [6.45, 7) is 4.46. The van der Waals surface area contributed by atoms with Gasteiger partial charge in [-0.1, -0.05) is 17.7 Å². The molecule has 4 nitrogen and oxygen atoms in total. The van der Waals surface area contributed by atoms with E-state index in [1.165, 1.54) is 0 Å². The number of benzene rings is 1. The summed E-state index contributed by atoms with van der Waals surface area (Å²) in [6, 6.07) is 5.63. The van der Waals surface area contributed by atoms with Crippen molar-refractivity contribution in [3.8, 4) is 5.69 Å². The summed E-state index contributed by atoms with van der Waals surface area (Å²) in [5.74, 6) is 0. The second-order valence-electron chi connectivity index (χ2n) is 4.30. The summed E-state index contributed by atoms with van der Waals surface area (Å²) in [5.41, 5.74) is 3.54. The summed E-state index contributed by atoms with van der Waals surface area (Å²) in [4.78, 5) is 11.9. The zero-order chi connectivity index (χ0) is 13.3. The number of aromatic amines is 1. The molecular weight excluding hydrogens is 250 g/mol. The second-order valence-corrected chi connectivity index (χ2v) is 4.74. The Morgan fingerprint density at radius 2 is 2.11 bits per heavy atom.